The summed E-state index contributed by atoms with van der Waals surface area (Å²) >= 11 is 5.90. The summed E-state index contributed by atoms with van der Waals surface area (Å²) in [5, 5.41) is 0.219. The van der Waals surface area contributed by atoms with E-state index in [-0.39, 0.29) is 11.1 Å². The molecule has 1 heterocycles. The molecule has 0 saturated carbocycles. The fourth-order valence-electron chi connectivity index (χ4n) is 1.70. The first-order valence-corrected chi connectivity index (χ1v) is 6.37. The molecule has 0 amide bonds. The van der Waals surface area contributed by atoms with Crippen LogP contribution in [0.1, 0.15) is 31.2 Å². The number of rotatable bonds is 2. The Hall–Kier alpha value is -1.62. The number of halogens is 4. The zero-order valence-electron chi connectivity index (χ0n) is 10.9. The molecular weight excluding hydrogens is 289 g/mol. The summed E-state index contributed by atoms with van der Waals surface area (Å²) in [5.74, 6) is 0.545. The lowest BCUT2D eigenvalue weighted by Gasteiger charge is -2.10. The molecule has 0 fully saturated rings. The molecule has 0 aliphatic heterocycles. The van der Waals surface area contributed by atoms with Crippen LogP contribution in [0, 0.1) is 0 Å². The Kier molecular flexibility index (Phi) is 3.99. The van der Waals surface area contributed by atoms with E-state index >= 15 is 0 Å². The Morgan fingerprint density at radius 2 is 1.80 bits per heavy atom. The minimum Gasteiger partial charge on any atom is -0.233 e. The first-order chi connectivity index (χ1) is 9.27. The molecular formula is C14H12ClF3N2. The van der Waals surface area contributed by atoms with E-state index < -0.39 is 11.7 Å². The largest absolute Gasteiger partial charge is 0.416 e. The number of nitrogens with zero attached hydrogens (tertiary/aromatic N) is 2. The third-order valence-electron chi connectivity index (χ3n) is 2.71. The Balaban J connectivity index is 2.51. The summed E-state index contributed by atoms with van der Waals surface area (Å²) in [5.41, 5.74) is 0.0432. The third-order valence-corrected chi connectivity index (χ3v) is 2.91. The molecule has 0 atom stereocenters. The summed E-state index contributed by atoms with van der Waals surface area (Å²) in [6.07, 6.45) is -4.38. The van der Waals surface area contributed by atoms with E-state index in [4.69, 9.17) is 11.6 Å². The molecule has 1 aromatic carbocycles. The van der Waals surface area contributed by atoms with Crippen LogP contribution in [0.4, 0.5) is 13.2 Å². The Morgan fingerprint density at radius 3 is 2.40 bits per heavy atom. The molecule has 0 bridgehead atoms. The maximum atomic E-state index is 12.7. The average molecular weight is 301 g/mol. The lowest BCUT2D eigenvalue weighted by atomic mass is 10.1. The zero-order valence-corrected chi connectivity index (χ0v) is 11.6. The van der Waals surface area contributed by atoms with E-state index in [1.165, 1.54) is 12.1 Å². The van der Waals surface area contributed by atoms with Crippen LogP contribution in [-0.4, -0.2) is 9.97 Å². The fraction of sp³-hybridized carbons (Fsp3) is 0.286. The highest BCUT2D eigenvalue weighted by Crippen LogP contribution is 2.32. The maximum absolute atomic E-state index is 12.7. The maximum Gasteiger partial charge on any atom is 0.416 e. The first-order valence-electron chi connectivity index (χ1n) is 5.99. The van der Waals surface area contributed by atoms with Crippen LogP contribution in [0.2, 0.25) is 5.15 Å². The highest BCUT2D eigenvalue weighted by atomic mass is 35.5. The predicted molar refractivity (Wildman–Crippen MR) is 71.6 cm³/mol. The van der Waals surface area contributed by atoms with Crippen molar-refractivity contribution in [2.45, 2.75) is 25.9 Å². The molecule has 106 valence electrons. The average Bonchev–Trinajstić information content (AvgIpc) is 2.37. The Labute approximate surface area is 119 Å². The van der Waals surface area contributed by atoms with Crippen molar-refractivity contribution in [3.63, 3.8) is 0 Å². The van der Waals surface area contributed by atoms with Crippen molar-refractivity contribution < 1.29 is 13.2 Å². The van der Waals surface area contributed by atoms with Crippen molar-refractivity contribution in [1.29, 1.82) is 0 Å². The Bertz CT molecular complexity index is 624. The van der Waals surface area contributed by atoms with Crippen LogP contribution in [0.5, 0.6) is 0 Å². The van der Waals surface area contributed by atoms with Crippen molar-refractivity contribution >= 4 is 11.6 Å². The summed E-state index contributed by atoms with van der Waals surface area (Å²) in [6, 6.07) is 6.46. The van der Waals surface area contributed by atoms with Gasteiger partial charge in [-0.25, -0.2) is 9.97 Å². The van der Waals surface area contributed by atoms with Gasteiger partial charge in [0.2, 0.25) is 0 Å². The van der Waals surface area contributed by atoms with Crippen molar-refractivity contribution in [3.05, 3.63) is 46.9 Å². The third kappa shape index (κ3) is 3.28. The van der Waals surface area contributed by atoms with Gasteiger partial charge in [-0.3, -0.25) is 0 Å². The van der Waals surface area contributed by atoms with Crippen molar-refractivity contribution in [2.75, 3.05) is 0 Å². The predicted octanol–water partition coefficient (Wildman–Crippen LogP) is 4.94. The summed E-state index contributed by atoms with van der Waals surface area (Å²) in [4.78, 5) is 8.33. The van der Waals surface area contributed by atoms with E-state index in [1.807, 2.05) is 13.8 Å². The van der Waals surface area contributed by atoms with Crippen LogP contribution in [-0.2, 0) is 6.18 Å². The van der Waals surface area contributed by atoms with Crippen molar-refractivity contribution in [2.24, 2.45) is 0 Å². The molecule has 0 saturated heterocycles. The smallest absolute Gasteiger partial charge is 0.233 e. The van der Waals surface area contributed by atoms with Gasteiger partial charge in [0.05, 0.1) is 11.3 Å². The van der Waals surface area contributed by atoms with Gasteiger partial charge >= 0.3 is 6.18 Å². The van der Waals surface area contributed by atoms with Gasteiger partial charge in [-0.05, 0) is 12.1 Å². The summed E-state index contributed by atoms with van der Waals surface area (Å²) in [6.45, 7) is 3.78. The van der Waals surface area contributed by atoms with Gasteiger partial charge in [0, 0.05) is 17.5 Å². The normalized spacial score (nSPS) is 11.9. The molecule has 0 radical (unpaired) electrons. The number of benzene rings is 1. The molecule has 20 heavy (non-hydrogen) atoms. The molecule has 6 heteroatoms. The number of alkyl halides is 3. The molecule has 0 unspecified atom stereocenters. The quantitative estimate of drug-likeness (QED) is 0.734. The van der Waals surface area contributed by atoms with Crippen LogP contribution >= 0.6 is 11.6 Å². The van der Waals surface area contributed by atoms with Crippen LogP contribution in [0.3, 0.4) is 0 Å². The molecule has 0 N–H and O–H groups in total. The highest BCUT2D eigenvalue weighted by molar-refractivity contribution is 6.29. The molecule has 0 aliphatic carbocycles. The number of aromatic nitrogens is 2. The lowest BCUT2D eigenvalue weighted by Crippen LogP contribution is -2.05. The summed E-state index contributed by atoms with van der Waals surface area (Å²) < 4.78 is 38.1. The second-order valence-electron chi connectivity index (χ2n) is 4.67. The van der Waals surface area contributed by atoms with Gasteiger partial charge in [0.15, 0.2) is 0 Å². The SMILES string of the molecule is CC(C)c1nc(Cl)cc(-c2cccc(C(F)(F)F)c2)n1. The van der Waals surface area contributed by atoms with Gasteiger partial charge in [-0.1, -0.05) is 37.6 Å². The van der Waals surface area contributed by atoms with Gasteiger partial charge < -0.3 is 0 Å². The Morgan fingerprint density at radius 1 is 1.10 bits per heavy atom. The van der Waals surface area contributed by atoms with E-state index in [1.54, 1.807) is 6.07 Å². The van der Waals surface area contributed by atoms with E-state index in [0.717, 1.165) is 12.1 Å². The fourth-order valence-corrected chi connectivity index (χ4v) is 1.89. The molecule has 2 rings (SSSR count). The topological polar surface area (TPSA) is 25.8 Å². The van der Waals surface area contributed by atoms with E-state index in [0.29, 0.717) is 17.1 Å². The molecule has 2 aromatic rings. The monoisotopic (exact) mass is 300 g/mol. The second-order valence-corrected chi connectivity index (χ2v) is 5.05. The second kappa shape index (κ2) is 5.40. The van der Waals surface area contributed by atoms with Crippen molar-refractivity contribution in [3.8, 4) is 11.3 Å². The van der Waals surface area contributed by atoms with Crippen LogP contribution in [0.15, 0.2) is 30.3 Å². The molecule has 2 nitrogen and oxygen atoms in total. The zero-order chi connectivity index (χ0) is 14.9. The van der Waals surface area contributed by atoms with Crippen LogP contribution in [0.25, 0.3) is 11.3 Å². The molecule has 0 spiro atoms. The van der Waals surface area contributed by atoms with Gasteiger partial charge in [-0.2, -0.15) is 13.2 Å². The first kappa shape index (κ1) is 14.8. The summed E-state index contributed by atoms with van der Waals surface area (Å²) in [7, 11) is 0. The van der Waals surface area contributed by atoms with Gasteiger partial charge in [0.25, 0.3) is 0 Å². The van der Waals surface area contributed by atoms with Gasteiger partial charge in [-0.15, -0.1) is 0 Å². The molecule has 1 aromatic heterocycles. The van der Waals surface area contributed by atoms with Crippen LogP contribution < -0.4 is 0 Å². The molecule has 0 aliphatic rings. The van der Waals surface area contributed by atoms with Gasteiger partial charge in [0.1, 0.15) is 11.0 Å². The van der Waals surface area contributed by atoms with Crippen molar-refractivity contribution in [1.82, 2.24) is 9.97 Å². The minimum absolute atomic E-state index is 0.0400. The highest BCUT2D eigenvalue weighted by Gasteiger charge is 2.30. The standard InChI is InChI=1S/C14H12ClF3N2/c1-8(2)13-19-11(7-12(15)20-13)9-4-3-5-10(6-9)14(16,17)18/h3-8H,1-2H3. The van der Waals surface area contributed by atoms with E-state index in [9.17, 15) is 13.2 Å². The number of hydrogen-bond acceptors (Lipinski definition) is 2. The lowest BCUT2D eigenvalue weighted by molar-refractivity contribution is -0.137. The number of hydrogen-bond donors (Lipinski definition) is 0. The minimum atomic E-state index is -4.38. The van der Waals surface area contributed by atoms with E-state index in [2.05, 4.69) is 9.97 Å².